The monoisotopic (exact) mass is 368 g/mol. The highest BCUT2D eigenvalue weighted by Gasteiger charge is 2.12. The van der Waals surface area contributed by atoms with Crippen LogP contribution in [0, 0.1) is 0 Å². The van der Waals surface area contributed by atoms with Crippen molar-refractivity contribution in [3.63, 3.8) is 0 Å². The minimum atomic E-state index is -0.0387. The second-order valence-corrected chi connectivity index (χ2v) is 6.88. The summed E-state index contributed by atoms with van der Waals surface area (Å²) >= 11 is 0. The summed E-state index contributed by atoms with van der Waals surface area (Å²) in [6.07, 6.45) is 3.32. The van der Waals surface area contributed by atoms with Crippen molar-refractivity contribution < 1.29 is 14.3 Å². The van der Waals surface area contributed by atoms with Crippen molar-refractivity contribution >= 4 is 5.91 Å². The third kappa shape index (κ3) is 5.23. The van der Waals surface area contributed by atoms with E-state index in [1.807, 2.05) is 30.3 Å². The summed E-state index contributed by atoms with van der Waals surface area (Å²) in [7, 11) is 3.24. The number of hydrogen-bond donors (Lipinski definition) is 1. The Morgan fingerprint density at radius 2 is 1.63 bits per heavy atom. The van der Waals surface area contributed by atoms with Crippen LogP contribution in [0.5, 0.6) is 11.5 Å². The van der Waals surface area contributed by atoms with E-state index in [4.69, 9.17) is 9.47 Å². The van der Waals surface area contributed by atoms with Gasteiger partial charge in [0.15, 0.2) is 11.5 Å². The van der Waals surface area contributed by atoms with E-state index in [0.29, 0.717) is 23.6 Å². The first-order chi connectivity index (χ1) is 13.2. The zero-order valence-electron chi connectivity index (χ0n) is 16.2. The molecule has 0 saturated carbocycles. The maximum atomic E-state index is 12.3. The highest BCUT2D eigenvalue weighted by Crippen LogP contribution is 2.27. The average Bonchev–Trinajstić information content (AvgIpc) is 3.21. The van der Waals surface area contributed by atoms with Crippen LogP contribution in [0.3, 0.4) is 0 Å². The normalized spacial score (nSPS) is 14.1. The zero-order valence-corrected chi connectivity index (χ0v) is 16.2. The van der Waals surface area contributed by atoms with Crippen molar-refractivity contribution in [1.82, 2.24) is 10.2 Å². The molecule has 2 aromatic rings. The predicted octanol–water partition coefficient (Wildman–Crippen LogP) is 3.27. The van der Waals surface area contributed by atoms with Crippen LogP contribution < -0.4 is 14.8 Å². The van der Waals surface area contributed by atoms with E-state index < -0.39 is 0 Å². The zero-order chi connectivity index (χ0) is 19.1. The second kappa shape index (κ2) is 9.42. The number of nitrogens with zero attached hydrogens (tertiary/aromatic N) is 1. The molecule has 1 amide bonds. The molecular formula is C22H28N2O3. The number of carbonyl (C=O) groups is 1. The van der Waals surface area contributed by atoms with Crippen molar-refractivity contribution in [1.29, 1.82) is 0 Å². The lowest BCUT2D eigenvalue weighted by atomic mass is 10.1. The third-order valence-corrected chi connectivity index (χ3v) is 4.97. The minimum Gasteiger partial charge on any atom is -0.493 e. The van der Waals surface area contributed by atoms with Gasteiger partial charge in [-0.05, 0) is 67.7 Å². The number of ether oxygens (including phenoxy) is 2. The molecule has 1 fully saturated rings. The molecule has 0 radical (unpaired) electrons. The van der Waals surface area contributed by atoms with Crippen molar-refractivity contribution in [3.8, 4) is 11.5 Å². The molecule has 27 heavy (non-hydrogen) atoms. The lowest BCUT2D eigenvalue weighted by molar-refractivity contribution is 0.0954. The molecule has 5 nitrogen and oxygen atoms in total. The molecule has 0 bridgehead atoms. The van der Waals surface area contributed by atoms with Gasteiger partial charge in [0, 0.05) is 18.7 Å². The number of nitrogens with one attached hydrogen (secondary N) is 1. The third-order valence-electron chi connectivity index (χ3n) is 4.97. The van der Waals surface area contributed by atoms with Crippen LogP contribution in [0.15, 0.2) is 42.5 Å². The Bertz CT molecular complexity index is 753. The molecule has 144 valence electrons. The van der Waals surface area contributed by atoms with Crippen LogP contribution in [0.25, 0.3) is 0 Å². The highest BCUT2D eigenvalue weighted by molar-refractivity contribution is 5.94. The van der Waals surface area contributed by atoms with Gasteiger partial charge in [0.25, 0.3) is 5.91 Å². The maximum absolute atomic E-state index is 12.3. The summed E-state index contributed by atoms with van der Waals surface area (Å²) in [5, 5.41) is 2.98. The smallest absolute Gasteiger partial charge is 0.251 e. The fourth-order valence-electron chi connectivity index (χ4n) is 3.42. The Morgan fingerprint density at radius 3 is 2.30 bits per heavy atom. The molecule has 0 spiro atoms. The van der Waals surface area contributed by atoms with E-state index in [2.05, 4.69) is 22.3 Å². The molecule has 1 aliphatic heterocycles. The first-order valence-corrected chi connectivity index (χ1v) is 9.50. The largest absolute Gasteiger partial charge is 0.493 e. The van der Waals surface area contributed by atoms with Gasteiger partial charge in [-0.25, -0.2) is 0 Å². The van der Waals surface area contributed by atoms with Crippen molar-refractivity contribution in [2.75, 3.05) is 33.9 Å². The molecule has 1 saturated heterocycles. The first kappa shape index (κ1) is 19.2. The number of amides is 1. The van der Waals surface area contributed by atoms with Crippen LogP contribution in [0.1, 0.15) is 34.3 Å². The second-order valence-electron chi connectivity index (χ2n) is 6.88. The van der Waals surface area contributed by atoms with Gasteiger partial charge in [-0.2, -0.15) is 0 Å². The van der Waals surface area contributed by atoms with Crippen LogP contribution in [0.2, 0.25) is 0 Å². The topological polar surface area (TPSA) is 50.8 Å². The number of benzene rings is 2. The predicted molar refractivity (Wildman–Crippen MR) is 107 cm³/mol. The van der Waals surface area contributed by atoms with E-state index in [1.54, 1.807) is 14.2 Å². The Morgan fingerprint density at radius 1 is 0.963 bits per heavy atom. The van der Waals surface area contributed by atoms with Crippen LogP contribution in [-0.2, 0) is 13.0 Å². The summed E-state index contributed by atoms with van der Waals surface area (Å²) < 4.78 is 10.6. The average molecular weight is 368 g/mol. The Kier molecular flexibility index (Phi) is 6.71. The molecule has 2 aromatic carbocycles. The molecule has 1 aliphatic rings. The molecule has 0 atom stereocenters. The van der Waals surface area contributed by atoms with Gasteiger partial charge in [0.1, 0.15) is 0 Å². The lowest BCUT2D eigenvalue weighted by Crippen LogP contribution is -2.25. The SMILES string of the molecule is COc1ccc(CCNC(=O)c2ccc(CN3CCCC3)cc2)cc1OC. The number of carbonyl (C=O) groups excluding carboxylic acids is 1. The van der Waals surface area contributed by atoms with Crippen LogP contribution in [-0.4, -0.2) is 44.7 Å². The van der Waals surface area contributed by atoms with Crippen LogP contribution >= 0.6 is 0 Å². The summed E-state index contributed by atoms with van der Waals surface area (Å²) in [6.45, 7) is 3.90. The standard InChI is InChI=1S/C22H28N2O3/c1-26-20-10-7-17(15-21(20)27-2)11-12-23-22(25)19-8-5-18(6-9-19)16-24-13-3-4-14-24/h5-10,15H,3-4,11-14,16H2,1-2H3,(H,23,25). The Hall–Kier alpha value is -2.53. The molecular weight excluding hydrogens is 340 g/mol. The maximum Gasteiger partial charge on any atom is 0.251 e. The highest BCUT2D eigenvalue weighted by atomic mass is 16.5. The van der Waals surface area contributed by atoms with Gasteiger partial charge < -0.3 is 14.8 Å². The van der Waals surface area contributed by atoms with E-state index in [0.717, 1.165) is 18.5 Å². The Balaban J connectivity index is 1.49. The lowest BCUT2D eigenvalue weighted by Gasteiger charge is -2.14. The Labute approximate surface area is 161 Å². The van der Waals surface area contributed by atoms with Gasteiger partial charge in [-0.1, -0.05) is 18.2 Å². The fraction of sp³-hybridized carbons (Fsp3) is 0.409. The van der Waals surface area contributed by atoms with Crippen molar-refractivity contribution in [3.05, 3.63) is 59.2 Å². The molecule has 0 unspecified atom stereocenters. The van der Waals surface area contributed by atoms with Crippen molar-refractivity contribution in [2.45, 2.75) is 25.8 Å². The number of hydrogen-bond acceptors (Lipinski definition) is 4. The van der Waals surface area contributed by atoms with Crippen molar-refractivity contribution in [2.24, 2.45) is 0 Å². The summed E-state index contributed by atoms with van der Waals surface area (Å²) in [5.74, 6) is 1.37. The fourth-order valence-corrected chi connectivity index (χ4v) is 3.42. The molecule has 0 aliphatic carbocycles. The van der Waals surface area contributed by atoms with Gasteiger partial charge in [0.2, 0.25) is 0 Å². The van der Waals surface area contributed by atoms with Gasteiger partial charge in [-0.3, -0.25) is 9.69 Å². The minimum absolute atomic E-state index is 0.0387. The van der Waals surface area contributed by atoms with E-state index in [9.17, 15) is 4.79 Å². The number of methoxy groups -OCH3 is 2. The first-order valence-electron chi connectivity index (χ1n) is 9.50. The summed E-state index contributed by atoms with van der Waals surface area (Å²) in [6, 6.07) is 13.8. The van der Waals surface area contributed by atoms with Crippen LogP contribution in [0.4, 0.5) is 0 Å². The number of likely N-dealkylation sites (tertiary alicyclic amines) is 1. The quantitative estimate of drug-likeness (QED) is 0.777. The molecule has 5 heteroatoms. The molecule has 1 N–H and O–H groups in total. The summed E-state index contributed by atoms with van der Waals surface area (Å²) in [4.78, 5) is 14.8. The number of rotatable bonds is 8. The van der Waals surface area contributed by atoms with E-state index in [1.165, 1.54) is 31.5 Å². The molecule has 1 heterocycles. The molecule has 0 aromatic heterocycles. The summed E-state index contributed by atoms with van der Waals surface area (Å²) in [5.41, 5.74) is 3.06. The molecule has 3 rings (SSSR count). The van der Waals surface area contributed by atoms with Gasteiger partial charge >= 0.3 is 0 Å². The van der Waals surface area contributed by atoms with Gasteiger partial charge in [0.05, 0.1) is 14.2 Å². The van der Waals surface area contributed by atoms with Gasteiger partial charge in [-0.15, -0.1) is 0 Å². The van der Waals surface area contributed by atoms with E-state index in [-0.39, 0.29) is 5.91 Å². The van der Waals surface area contributed by atoms with E-state index >= 15 is 0 Å².